The van der Waals surface area contributed by atoms with Crippen LogP contribution in [0.3, 0.4) is 0 Å². The number of nitrogens with zero attached hydrogens (tertiary/aromatic N) is 1. The van der Waals surface area contributed by atoms with Gasteiger partial charge in [-0.1, -0.05) is 0 Å². The van der Waals surface area contributed by atoms with Crippen molar-refractivity contribution in [3.05, 3.63) is 39.8 Å². The Labute approximate surface area is 150 Å². The maximum atomic E-state index is 12.6. The third-order valence-corrected chi connectivity index (χ3v) is 6.87. The summed E-state index contributed by atoms with van der Waals surface area (Å²) in [6.45, 7) is 4.48. The number of anilines is 1. The Kier molecular flexibility index (Phi) is 4.05. The summed E-state index contributed by atoms with van der Waals surface area (Å²) in [7, 11) is -3.60. The van der Waals surface area contributed by atoms with E-state index in [1.807, 2.05) is 19.9 Å². The Bertz CT molecular complexity index is 1030. The summed E-state index contributed by atoms with van der Waals surface area (Å²) < 4.78 is 33.6. The maximum absolute atomic E-state index is 12.6. The molecule has 1 aliphatic heterocycles. The van der Waals surface area contributed by atoms with Gasteiger partial charge in [0, 0.05) is 16.4 Å². The number of aromatic nitrogens is 2. The third-order valence-electron chi connectivity index (χ3n) is 4.27. The minimum atomic E-state index is -3.60. The molecule has 0 spiro atoms. The molecule has 1 saturated heterocycles. The molecule has 132 valence electrons. The summed E-state index contributed by atoms with van der Waals surface area (Å²) in [6, 6.07) is 7.02. The van der Waals surface area contributed by atoms with Gasteiger partial charge in [0.2, 0.25) is 0 Å². The van der Waals surface area contributed by atoms with E-state index in [1.54, 1.807) is 18.2 Å². The van der Waals surface area contributed by atoms with Crippen LogP contribution >= 0.6 is 11.3 Å². The fraction of sp³-hybridized carbons (Fsp3) is 0.353. The van der Waals surface area contributed by atoms with Crippen LogP contribution in [0.1, 0.15) is 34.5 Å². The monoisotopic (exact) mass is 377 g/mol. The van der Waals surface area contributed by atoms with Gasteiger partial charge in [-0.15, -0.1) is 11.3 Å². The van der Waals surface area contributed by atoms with Crippen molar-refractivity contribution in [2.45, 2.75) is 37.7 Å². The molecule has 1 fully saturated rings. The Morgan fingerprint density at radius 1 is 1.32 bits per heavy atom. The highest BCUT2D eigenvalue weighted by atomic mass is 32.2. The Morgan fingerprint density at radius 3 is 2.84 bits per heavy atom. The highest BCUT2D eigenvalue weighted by Gasteiger charge is 2.22. The van der Waals surface area contributed by atoms with Crippen LogP contribution in [0.5, 0.6) is 0 Å². The van der Waals surface area contributed by atoms with E-state index in [1.165, 1.54) is 11.3 Å². The summed E-state index contributed by atoms with van der Waals surface area (Å²) in [4.78, 5) is 9.90. The topological polar surface area (TPSA) is 84.1 Å². The number of rotatable bonds is 4. The number of ether oxygens (including phenoxy) is 1. The molecular weight excluding hydrogens is 358 g/mol. The lowest BCUT2D eigenvalue weighted by Gasteiger charge is -2.07. The molecule has 1 aromatic carbocycles. The number of aromatic amines is 1. The predicted molar refractivity (Wildman–Crippen MR) is 98.6 cm³/mol. The molecule has 1 aliphatic rings. The molecule has 0 saturated carbocycles. The number of thiophene rings is 1. The number of H-pyrrole nitrogens is 1. The Hall–Kier alpha value is -1.90. The van der Waals surface area contributed by atoms with Crippen LogP contribution in [0.4, 0.5) is 5.69 Å². The average Bonchev–Trinajstić information content (AvgIpc) is 3.25. The second-order valence-electron chi connectivity index (χ2n) is 6.24. The van der Waals surface area contributed by atoms with E-state index in [0.717, 1.165) is 46.1 Å². The molecule has 3 heterocycles. The third kappa shape index (κ3) is 3.17. The second-order valence-corrected chi connectivity index (χ2v) is 9.35. The van der Waals surface area contributed by atoms with Crippen LogP contribution in [0.15, 0.2) is 29.2 Å². The fourth-order valence-corrected chi connectivity index (χ4v) is 5.73. The number of hydrogen-bond acceptors (Lipinski definition) is 5. The standard InChI is InChI=1S/C17H19N3O3S2/c1-10-8-16(11(2)24-10)25(21,22)20-12-5-6-13-14(9-12)19-17(18-13)15-4-3-7-23-15/h5-6,8-9,15,20H,3-4,7H2,1-2H3,(H,18,19). The lowest BCUT2D eigenvalue weighted by atomic mass is 10.2. The first kappa shape index (κ1) is 16.6. The minimum Gasteiger partial charge on any atom is -0.370 e. The summed E-state index contributed by atoms with van der Waals surface area (Å²) in [6.07, 6.45) is 1.99. The van der Waals surface area contributed by atoms with Crippen LogP contribution < -0.4 is 4.72 Å². The lowest BCUT2D eigenvalue weighted by Crippen LogP contribution is -2.13. The normalized spacial score (nSPS) is 18.1. The quantitative estimate of drug-likeness (QED) is 0.722. The first-order valence-corrected chi connectivity index (χ1v) is 10.4. The molecule has 0 bridgehead atoms. The van der Waals surface area contributed by atoms with E-state index in [2.05, 4.69) is 14.7 Å². The van der Waals surface area contributed by atoms with Gasteiger partial charge in [-0.25, -0.2) is 13.4 Å². The zero-order chi connectivity index (χ0) is 17.6. The van der Waals surface area contributed by atoms with Crippen LogP contribution in [-0.4, -0.2) is 25.0 Å². The maximum Gasteiger partial charge on any atom is 0.263 e. The van der Waals surface area contributed by atoms with Gasteiger partial charge in [0.25, 0.3) is 10.0 Å². The molecule has 6 nitrogen and oxygen atoms in total. The van der Waals surface area contributed by atoms with Crippen LogP contribution in [0.25, 0.3) is 11.0 Å². The van der Waals surface area contributed by atoms with Crippen LogP contribution in [0, 0.1) is 13.8 Å². The highest BCUT2D eigenvalue weighted by molar-refractivity contribution is 7.93. The van der Waals surface area contributed by atoms with Crippen molar-refractivity contribution < 1.29 is 13.2 Å². The van der Waals surface area contributed by atoms with Crippen molar-refractivity contribution in [3.8, 4) is 0 Å². The Morgan fingerprint density at radius 2 is 2.16 bits per heavy atom. The summed E-state index contributed by atoms with van der Waals surface area (Å²) in [5, 5.41) is 0. The summed E-state index contributed by atoms with van der Waals surface area (Å²) in [5.41, 5.74) is 2.11. The van der Waals surface area contributed by atoms with E-state index in [0.29, 0.717) is 10.6 Å². The van der Waals surface area contributed by atoms with Gasteiger partial charge in [-0.05, 0) is 51.0 Å². The highest BCUT2D eigenvalue weighted by Crippen LogP contribution is 2.30. The smallest absolute Gasteiger partial charge is 0.263 e. The van der Waals surface area contributed by atoms with Gasteiger partial charge in [-0.2, -0.15) is 0 Å². The van der Waals surface area contributed by atoms with Gasteiger partial charge in [-0.3, -0.25) is 4.72 Å². The minimum absolute atomic E-state index is 0.00368. The lowest BCUT2D eigenvalue weighted by molar-refractivity contribution is 0.106. The van der Waals surface area contributed by atoms with Crippen molar-refractivity contribution in [2.75, 3.05) is 11.3 Å². The summed E-state index contributed by atoms with van der Waals surface area (Å²) >= 11 is 1.48. The number of fused-ring (bicyclic) bond motifs is 1. The van der Waals surface area contributed by atoms with Crippen molar-refractivity contribution in [3.63, 3.8) is 0 Å². The first-order valence-electron chi connectivity index (χ1n) is 8.13. The van der Waals surface area contributed by atoms with Crippen molar-refractivity contribution in [2.24, 2.45) is 0 Å². The largest absolute Gasteiger partial charge is 0.370 e. The van der Waals surface area contributed by atoms with E-state index in [9.17, 15) is 8.42 Å². The molecule has 2 aromatic heterocycles. The molecule has 4 rings (SSSR count). The van der Waals surface area contributed by atoms with Crippen molar-refractivity contribution in [1.29, 1.82) is 0 Å². The van der Waals surface area contributed by atoms with Gasteiger partial charge in [0.1, 0.15) is 16.8 Å². The molecule has 0 aliphatic carbocycles. The SMILES string of the molecule is Cc1cc(S(=O)(=O)Nc2ccc3nc(C4CCCO4)[nH]c3c2)c(C)s1. The van der Waals surface area contributed by atoms with Crippen LogP contribution in [-0.2, 0) is 14.8 Å². The molecule has 25 heavy (non-hydrogen) atoms. The van der Waals surface area contributed by atoms with Gasteiger partial charge < -0.3 is 9.72 Å². The average molecular weight is 377 g/mol. The first-order chi connectivity index (χ1) is 11.9. The Balaban J connectivity index is 1.64. The van der Waals surface area contributed by atoms with Gasteiger partial charge >= 0.3 is 0 Å². The predicted octanol–water partition coefficient (Wildman–Crippen LogP) is 3.89. The number of aryl methyl sites for hydroxylation is 2. The number of nitrogens with one attached hydrogen (secondary N) is 2. The molecule has 3 aromatic rings. The second kappa shape index (κ2) is 6.12. The fourth-order valence-electron chi connectivity index (χ4n) is 3.12. The number of imidazole rings is 1. The molecule has 0 radical (unpaired) electrons. The van der Waals surface area contributed by atoms with E-state index in [-0.39, 0.29) is 6.10 Å². The van der Waals surface area contributed by atoms with E-state index >= 15 is 0 Å². The number of hydrogen-bond donors (Lipinski definition) is 2. The molecule has 2 N–H and O–H groups in total. The molecule has 0 amide bonds. The number of sulfonamides is 1. The number of benzene rings is 1. The van der Waals surface area contributed by atoms with E-state index < -0.39 is 10.0 Å². The van der Waals surface area contributed by atoms with Gasteiger partial charge in [0.15, 0.2) is 0 Å². The molecular formula is C17H19N3O3S2. The van der Waals surface area contributed by atoms with Crippen LogP contribution in [0.2, 0.25) is 0 Å². The molecule has 8 heteroatoms. The van der Waals surface area contributed by atoms with Crippen molar-refractivity contribution in [1.82, 2.24) is 9.97 Å². The molecule has 1 unspecified atom stereocenters. The zero-order valence-corrected chi connectivity index (χ0v) is 15.6. The zero-order valence-electron chi connectivity index (χ0n) is 14.0. The van der Waals surface area contributed by atoms with Crippen molar-refractivity contribution >= 4 is 38.1 Å². The van der Waals surface area contributed by atoms with Gasteiger partial charge in [0.05, 0.1) is 16.7 Å². The van der Waals surface area contributed by atoms with E-state index in [4.69, 9.17) is 4.74 Å². The summed E-state index contributed by atoms with van der Waals surface area (Å²) in [5.74, 6) is 0.803. The molecule has 1 atom stereocenters.